The molecule has 1 amide bonds. The van der Waals surface area contributed by atoms with Gasteiger partial charge in [-0.2, -0.15) is 0 Å². The Morgan fingerprint density at radius 1 is 1.40 bits per heavy atom. The zero-order valence-corrected chi connectivity index (χ0v) is 12.2. The number of nitrogens with zero attached hydrogens (tertiary/aromatic N) is 3. The highest BCUT2D eigenvalue weighted by molar-refractivity contribution is 7.13. The molecule has 0 spiro atoms. The van der Waals surface area contributed by atoms with Gasteiger partial charge in [-0.3, -0.25) is 4.79 Å². The van der Waals surface area contributed by atoms with Crippen LogP contribution in [0.2, 0.25) is 0 Å². The number of rotatable bonds is 3. The van der Waals surface area contributed by atoms with Crippen LogP contribution in [-0.4, -0.2) is 53.4 Å². The average Bonchev–Trinajstić information content (AvgIpc) is 3.16. The van der Waals surface area contributed by atoms with Crippen molar-refractivity contribution < 1.29 is 9.21 Å². The summed E-state index contributed by atoms with van der Waals surface area (Å²) >= 11 is 1.55. The lowest BCUT2D eigenvalue weighted by molar-refractivity contribution is 0.0638. The smallest absolute Gasteiger partial charge is 0.276 e. The first-order chi connectivity index (χ1) is 9.79. The van der Waals surface area contributed by atoms with Gasteiger partial charge in [0.05, 0.1) is 4.88 Å². The zero-order valence-electron chi connectivity index (χ0n) is 11.4. The molecule has 3 rings (SSSR count). The molecule has 2 aromatic rings. The molecule has 3 heterocycles. The van der Waals surface area contributed by atoms with Gasteiger partial charge in [-0.1, -0.05) is 13.0 Å². The summed E-state index contributed by atoms with van der Waals surface area (Å²) in [5, 5.41) is 1.96. The monoisotopic (exact) mass is 291 g/mol. The first-order valence-corrected chi connectivity index (χ1v) is 7.66. The van der Waals surface area contributed by atoms with E-state index >= 15 is 0 Å². The highest BCUT2D eigenvalue weighted by atomic mass is 32.1. The van der Waals surface area contributed by atoms with E-state index < -0.39 is 0 Å². The van der Waals surface area contributed by atoms with E-state index in [-0.39, 0.29) is 5.91 Å². The van der Waals surface area contributed by atoms with Crippen LogP contribution in [0.15, 0.2) is 28.3 Å². The third-order valence-electron chi connectivity index (χ3n) is 3.62. The number of amides is 1. The van der Waals surface area contributed by atoms with Gasteiger partial charge in [0.1, 0.15) is 0 Å². The summed E-state index contributed by atoms with van der Waals surface area (Å²) in [7, 11) is 0. The molecule has 1 fully saturated rings. The van der Waals surface area contributed by atoms with Crippen molar-refractivity contribution in [1.29, 1.82) is 0 Å². The lowest BCUT2D eigenvalue weighted by Crippen LogP contribution is -2.48. The van der Waals surface area contributed by atoms with Crippen molar-refractivity contribution >= 4 is 17.2 Å². The molecule has 5 nitrogen and oxygen atoms in total. The number of hydrogen-bond donors (Lipinski definition) is 0. The molecule has 106 valence electrons. The van der Waals surface area contributed by atoms with Crippen molar-refractivity contribution in [2.45, 2.75) is 6.92 Å². The molecule has 0 radical (unpaired) electrons. The van der Waals surface area contributed by atoms with Crippen LogP contribution in [0, 0.1) is 0 Å². The van der Waals surface area contributed by atoms with E-state index in [0.717, 1.165) is 37.6 Å². The van der Waals surface area contributed by atoms with Crippen molar-refractivity contribution in [3.8, 4) is 10.6 Å². The Hall–Kier alpha value is -1.66. The van der Waals surface area contributed by atoms with Gasteiger partial charge in [0.2, 0.25) is 0 Å². The van der Waals surface area contributed by atoms with Crippen LogP contribution in [0.3, 0.4) is 0 Å². The summed E-state index contributed by atoms with van der Waals surface area (Å²) in [4.78, 5) is 21.8. The lowest BCUT2D eigenvalue weighted by atomic mass is 10.2. The Morgan fingerprint density at radius 2 is 2.20 bits per heavy atom. The minimum absolute atomic E-state index is 0.0297. The third kappa shape index (κ3) is 2.48. The van der Waals surface area contributed by atoms with Crippen molar-refractivity contribution in [2.75, 3.05) is 32.7 Å². The largest absolute Gasteiger partial charge is 0.442 e. The number of aromatic nitrogens is 1. The molecule has 1 aliphatic heterocycles. The predicted octanol–water partition coefficient (Wildman–Crippen LogP) is 2.18. The van der Waals surface area contributed by atoms with Gasteiger partial charge >= 0.3 is 0 Å². The SMILES string of the molecule is CCN1CCN(C(=O)c2ncoc2-c2cccs2)CC1. The fourth-order valence-corrected chi connectivity index (χ4v) is 3.11. The zero-order chi connectivity index (χ0) is 13.9. The maximum absolute atomic E-state index is 12.6. The number of carbonyl (C=O) groups excluding carboxylic acids is 1. The van der Waals surface area contributed by atoms with Crippen molar-refractivity contribution in [2.24, 2.45) is 0 Å². The second-order valence-corrected chi connectivity index (χ2v) is 5.68. The van der Waals surface area contributed by atoms with Crippen LogP contribution < -0.4 is 0 Å². The van der Waals surface area contributed by atoms with E-state index in [9.17, 15) is 4.79 Å². The van der Waals surface area contributed by atoms with E-state index in [1.807, 2.05) is 22.4 Å². The molecule has 1 saturated heterocycles. The Bertz CT molecular complexity index is 571. The maximum atomic E-state index is 12.6. The molecule has 0 bridgehead atoms. The molecular formula is C14H17N3O2S. The topological polar surface area (TPSA) is 49.6 Å². The van der Waals surface area contributed by atoms with Crippen LogP contribution in [0.25, 0.3) is 10.6 Å². The molecule has 0 atom stereocenters. The van der Waals surface area contributed by atoms with Crippen molar-refractivity contribution in [3.63, 3.8) is 0 Å². The minimum atomic E-state index is -0.0297. The fourth-order valence-electron chi connectivity index (χ4n) is 2.40. The van der Waals surface area contributed by atoms with Gasteiger partial charge < -0.3 is 14.2 Å². The molecule has 0 aliphatic carbocycles. The van der Waals surface area contributed by atoms with E-state index in [2.05, 4.69) is 16.8 Å². The number of likely N-dealkylation sites (N-methyl/N-ethyl adjacent to an activating group) is 1. The lowest BCUT2D eigenvalue weighted by Gasteiger charge is -2.33. The normalized spacial score (nSPS) is 16.6. The van der Waals surface area contributed by atoms with Gasteiger partial charge in [0, 0.05) is 26.2 Å². The van der Waals surface area contributed by atoms with Gasteiger partial charge in [-0.15, -0.1) is 11.3 Å². The van der Waals surface area contributed by atoms with Crippen LogP contribution in [0.4, 0.5) is 0 Å². The standard InChI is InChI=1S/C14H17N3O2S/c1-2-16-5-7-17(8-6-16)14(18)12-13(19-10-15-12)11-4-3-9-20-11/h3-4,9-10H,2,5-8H2,1H3. The van der Waals surface area contributed by atoms with E-state index in [4.69, 9.17) is 4.42 Å². The molecule has 0 aromatic carbocycles. The average molecular weight is 291 g/mol. The summed E-state index contributed by atoms with van der Waals surface area (Å²) in [5.41, 5.74) is 0.428. The number of oxazole rings is 1. The molecule has 2 aromatic heterocycles. The van der Waals surface area contributed by atoms with Crippen LogP contribution >= 0.6 is 11.3 Å². The van der Waals surface area contributed by atoms with Gasteiger partial charge in [0.25, 0.3) is 5.91 Å². The van der Waals surface area contributed by atoms with E-state index in [1.54, 1.807) is 11.3 Å². The van der Waals surface area contributed by atoms with E-state index in [1.165, 1.54) is 6.39 Å². The molecule has 0 unspecified atom stereocenters. The summed E-state index contributed by atoms with van der Waals surface area (Å²) in [5.74, 6) is 0.556. The Kier molecular flexibility index (Phi) is 3.84. The number of piperazine rings is 1. The first-order valence-electron chi connectivity index (χ1n) is 6.78. The van der Waals surface area contributed by atoms with Crippen LogP contribution in [-0.2, 0) is 0 Å². The Balaban J connectivity index is 1.77. The van der Waals surface area contributed by atoms with Gasteiger partial charge in [0.15, 0.2) is 17.8 Å². The second-order valence-electron chi connectivity index (χ2n) is 4.73. The minimum Gasteiger partial charge on any atom is -0.442 e. The molecule has 20 heavy (non-hydrogen) atoms. The third-order valence-corrected chi connectivity index (χ3v) is 4.49. The molecule has 6 heteroatoms. The summed E-state index contributed by atoms with van der Waals surface area (Å²) in [6.07, 6.45) is 1.35. The fraction of sp³-hybridized carbons (Fsp3) is 0.429. The summed E-state index contributed by atoms with van der Waals surface area (Å²) < 4.78 is 5.40. The molecular weight excluding hydrogens is 274 g/mol. The van der Waals surface area contributed by atoms with Gasteiger partial charge in [-0.05, 0) is 18.0 Å². The number of hydrogen-bond acceptors (Lipinski definition) is 5. The van der Waals surface area contributed by atoms with Crippen LogP contribution in [0.5, 0.6) is 0 Å². The second kappa shape index (κ2) is 5.76. The molecule has 0 saturated carbocycles. The molecule has 1 aliphatic rings. The van der Waals surface area contributed by atoms with Gasteiger partial charge in [-0.25, -0.2) is 4.98 Å². The number of thiophene rings is 1. The Labute approximate surface area is 121 Å². The predicted molar refractivity (Wildman–Crippen MR) is 77.8 cm³/mol. The highest BCUT2D eigenvalue weighted by Gasteiger charge is 2.26. The molecule has 0 N–H and O–H groups in total. The first kappa shape index (κ1) is 13.3. The maximum Gasteiger partial charge on any atom is 0.276 e. The van der Waals surface area contributed by atoms with Crippen molar-refractivity contribution in [3.05, 3.63) is 29.6 Å². The Morgan fingerprint density at radius 3 is 2.85 bits per heavy atom. The number of carbonyl (C=O) groups is 1. The summed E-state index contributed by atoms with van der Waals surface area (Å²) in [6.45, 7) is 6.53. The summed E-state index contributed by atoms with van der Waals surface area (Å²) in [6, 6.07) is 3.88. The quantitative estimate of drug-likeness (QED) is 0.869. The van der Waals surface area contributed by atoms with Crippen LogP contribution in [0.1, 0.15) is 17.4 Å². The van der Waals surface area contributed by atoms with E-state index in [0.29, 0.717) is 11.5 Å². The highest BCUT2D eigenvalue weighted by Crippen LogP contribution is 2.28. The van der Waals surface area contributed by atoms with Crippen molar-refractivity contribution in [1.82, 2.24) is 14.8 Å².